The lowest BCUT2D eigenvalue weighted by Crippen LogP contribution is -2.40. The van der Waals surface area contributed by atoms with Crippen LogP contribution < -0.4 is 15.0 Å². The van der Waals surface area contributed by atoms with Crippen molar-refractivity contribution >= 4 is 40.9 Å². The van der Waals surface area contributed by atoms with E-state index < -0.39 is 5.97 Å². The number of halogens is 2. The number of rotatable bonds is 4. The Bertz CT molecular complexity index is 776. The molecule has 132 valence electrons. The Morgan fingerprint density at radius 2 is 1.72 bits per heavy atom. The second-order valence-corrected chi connectivity index (χ2v) is 6.51. The van der Waals surface area contributed by atoms with E-state index in [4.69, 9.17) is 27.9 Å². The van der Waals surface area contributed by atoms with E-state index in [1.54, 1.807) is 37.4 Å². The number of benzene rings is 2. The minimum absolute atomic E-state index is 0.0410. The zero-order chi connectivity index (χ0) is 18.6. The lowest BCUT2D eigenvalue weighted by molar-refractivity contribution is 0.0735. The van der Waals surface area contributed by atoms with Gasteiger partial charge in [0.1, 0.15) is 5.75 Å². The van der Waals surface area contributed by atoms with Gasteiger partial charge in [0, 0.05) is 23.8 Å². The summed E-state index contributed by atoms with van der Waals surface area (Å²) in [6.07, 6.45) is 0. The molecule has 0 aromatic heterocycles. The van der Waals surface area contributed by atoms with Crippen LogP contribution in [0.3, 0.4) is 0 Å². The minimum atomic E-state index is -0.583. The molecule has 0 atom stereocenters. The standard InChI is InChI=1S/C18H18Cl2N2O3/c1-11(2)21-18(24)22(3)13-5-7-14(8-6-13)25-17(23)15-9-4-12(19)10-16(15)20/h4-11H,1-3H3,(H,21,24). The molecule has 2 amide bonds. The first-order valence-electron chi connectivity index (χ1n) is 7.59. The summed E-state index contributed by atoms with van der Waals surface area (Å²) in [5, 5.41) is 3.46. The maximum Gasteiger partial charge on any atom is 0.345 e. The quantitative estimate of drug-likeness (QED) is 0.613. The molecule has 0 bridgehead atoms. The first-order valence-corrected chi connectivity index (χ1v) is 8.35. The predicted octanol–water partition coefficient (Wildman–Crippen LogP) is 4.77. The van der Waals surface area contributed by atoms with Crippen LogP contribution in [0, 0.1) is 0 Å². The van der Waals surface area contributed by atoms with Crippen molar-refractivity contribution in [2.75, 3.05) is 11.9 Å². The number of amides is 2. The minimum Gasteiger partial charge on any atom is -0.423 e. The Balaban J connectivity index is 2.07. The van der Waals surface area contributed by atoms with E-state index in [0.29, 0.717) is 16.5 Å². The van der Waals surface area contributed by atoms with Crippen LogP contribution >= 0.6 is 23.2 Å². The zero-order valence-corrected chi connectivity index (χ0v) is 15.6. The topological polar surface area (TPSA) is 58.6 Å². The smallest absolute Gasteiger partial charge is 0.345 e. The van der Waals surface area contributed by atoms with Gasteiger partial charge in [-0.3, -0.25) is 4.90 Å². The van der Waals surface area contributed by atoms with Gasteiger partial charge in [-0.1, -0.05) is 23.2 Å². The van der Waals surface area contributed by atoms with E-state index in [2.05, 4.69) is 5.32 Å². The van der Waals surface area contributed by atoms with E-state index in [0.717, 1.165) is 0 Å². The number of nitrogens with zero attached hydrogens (tertiary/aromatic N) is 1. The second-order valence-electron chi connectivity index (χ2n) is 5.67. The van der Waals surface area contributed by atoms with Crippen LogP contribution in [-0.2, 0) is 0 Å². The van der Waals surface area contributed by atoms with E-state index >= 15 is 0 Å². The number of hydrogen-bond donors (Lipinski definition) is 1. The molecule has 0 heterocycles. The second kappa shape index (κ2) is 8.23. The molecule has 2 rings (SSSR count). The van der Waals surface area contributed by atoms with Gasteiger partial charge in [0.25, 0.3) is 0 Å². The number of esters is 1. The van der Waals surface area contributed by atoms with Gasteiger partial charge in [-0.05, 0) is 56.3 Å². The number of carbonyl (C=O) groups is 2. The van der Waals surface area contributed by atoms with Crippen LogP contribution in [0.5, 0.6) is 5.75 Å². The molecule has 2 aromatic carbocycles. The number of nitrogens with one attached hydrogen (secondary N) is 1. The Hall–Kier alpha value is -2.24. The van der Waals surface area contributed by atoms with Crippen LogP contribution in [0.25, 0.3) is 0 Å². The summed E-state index contributed by atoms with van der Waals surface area (Å²) in [7, 11) is 1.66. The van der Waals surface area contributed by atoms with Crippen molar-refractivity contribution in [3.05, 3.63) is 58.1 Å². The van der Waals surface area contributed by atoms with Gasteiger partial charge < -0.3 is 10.1 Å². The summed E-state index contributed by atoms with van der Waals surface area (Å²) in [5.41, 5.74) is 0.894. The maximum atomic E-state index is 12.2. The van der Waals surface area contributed by atoms with Crippen molar-refractivity contribution in [3.8, 4) is 5.75 Å². The average Bonchev–Trinajstić information content (AvgIpc) is 2.54. The first-order chi connectivity index (χ1) is 11.8. The van der Waals surface area contributed by atoms with Crippen LogP contribution in [0.15, 0.2) is 42.5 Å². The number of hydrogen-bond acceptors (Lipinski definition) is 3. The lowest BCUT2D eigenvalue weighted by Gasteiger charge is -2.20. The molecule has 1 N–H and O–H groups in total. The van der Waals surface area contributed by atoms with Gasteiger partial charge in [0.2, 0.25) is 0 Å². The zero-order valence-electron chi connectivity index (χ0n) is 14.0. The fraction of sp³-hybridized carbons (Fsp3) is 0.222. The summed E-state index contributed by atoms with van der Waals surface area (Å²) < 4.78 is 5.30. The third-order valence-corrected chi connectivity index (χ3v) is 3.85. The largest absolute Gasteiger partial charge is 0.423 e. The van der Waals surface area contributed by atoms with Gasteiger partial charge in [0.05, 0.1) is 10.6 Å². The van der Waals surface area contributed by atoms with E-state index in [-0.39, 0.29) is 22.7 Å². The highest BCUT2D eigenvalue weighted by Gasteiger charge is 2.15. The maximum absolute atomic E-state index is 12.2. The van der Waals surface area contributed by atoms with E-state index in [1.807, 2.05) is 13.8 Å². The predicted molar refractivity (Wildman–Crippen MR) is 99.9 cm³/mol. The molecule has 7 heteroatoms. The van der Waals surface area contributed by atoms with E-state index in [1.165, 1.54) is 17.0 Å². The molecule has 2 aromatic rings. The highest BCUT2D eigenvalue weighted by atomic mass is 35.5. The highest BCUT2D eigenvalue weighted by Crippen LogP contribution is 2.24. The summed E-state index contributed by atoms with van der Waals surface area (Å²) in [6, 6.07) is 11.0. The van der Waals surface area contributed by atoms with Crippen molar-refractivity contribution in [2.24, 2.45) is 0 Å². The first kappa shape index (κ1) is 19.1. The number of carbonyl (C=O) groups excluding carboxylic acids is 2. The molecule has 0 fully saturated rings. The Kier molecular flexibility index (Phi) is 6.28. The van der Waals surface area contributed by atoms with Crippen LogP contribution in [-0.4, -0.2) is 25.1 Å². The Morgan fingerprint density at radius 3 is 2.28 bits per heavy atom. The summed E-state index contributed by atoms with van der Waals surface area (Å²) in [6.45, 7) is 3.77. The molecule has 5 nitrogen and oxygen atoms in total. The monoisotopic (exact) mass is 380 g/mol. The number of anilines is 1. The Morgan fingerprint density at radius 1 is 1.08 bits per heavy atom. The summed E-state index contributed by atoms with van der Waals surface area (Å²) in [4.78, 5) is 25.6. The van der Waals surface area contributed by atoms with Gasteiger partial charge in [-0.25, -0.2) is 9.59 Å². The fourth-order valence-electron chi connectivity index (χ4n) is 2.02. The van der Waals surface area contributed by atoms with Crippen molar-refractivity contribution in [2.45, 2.75) is 19.9 Å². The van der Waals surface area contributed by atoms with Gasteiger partial charge >= 0.3 is 12.0 Å². The molecule has 0 saturated carbocycles. The molecule has 25 heavy (non-hydrogen) atoms. The number of urea groups is 1. The molecule has 0 spiro atoms. The highest BCUT2D eigenvalue weighted by molar-refractivity contribution is 6.36. The SMILES string of the molecule is CC(C)NC(=O)N(C)c1ccc(OC(=O)c2ccc(Cl)cc2Cl)cc1. The fourth-order valence-corrected chi connectivity index (χ4v) is 2.50. The Labute approximate surface area is 156 Å². The molecule has 0 aliphatic rings. The van der Waals surface area contributed by atoms with Crippen molar-refractivity contribution in [1.29, 1.82) is 0 Å². The normalized spacial score (nSPS) is 10.5. The average molecular weight is 381 g/mol. The summed E-state index contributed by atoms with van der Waals surface area (Å²) >= 11 is 11.8. The van der Waals surface area contributed by atoms with Crippen molar-refractivity contribution in [3.63, 3.8) is 0 Å². The van der Waals surface area contributed by atoms with E-state index in [9.17, 15) is 9.59 Å². The van der Waals surface area contributed by atoms with Crippen LogP contribution in [0.4, 0.5) is 10.5 Å². The molecule has 0 aliphatic carbocycles. The molecule has 0 unspecified atom stereocenters. The lowest BCUT2D eigenvalue weighted by atomic mass is 10.2. The molecule has 0 saturated heterocycles. The van der Waals surface area contributed by atoms with Gasteiger partial charge in [-0.15, -0.1) is 0 Å². The van der Waals surface area contributed by atoms with Crippen LogP contribution in [0.1, 0.15) is 24.2 Å². The van der Waals surface area contributed by atoms with Gasteiger partial charge in [-0.2, -0.15) is 0 Å². The third kappa shape index (κ3) is 5.11. The van der Waals surface area contributed by atoms with Gasteiger partial charge in [0.15, 0.2) is 0 Å². The molecule has 0 aliphatic heterocycles. The van der Waals surface area contributed by atoms with Crippen molar-refractivity contribution in [1.82, 2.24) is 5.32 Å². The third-order valence-electron chi connectivity index (χ3n) is 3.30. The molecule has 0 radical (unpaired) electrons. The summed E-state index contributed by atoms with van der Waals surface area (Å²) in [5.74, 6) is -0.238. The number of ether oxygens (including phenoxy) is 1. The van der Waals surface area contributed by atoms with Crippen molar-refractivity contribution < 1.29 is 14.3 Å². The molecular weight excluding hydrogens is 363 g/mol. The molecular formula is C18H18Cl2N2O3. The van der Waals surface area contributed by atoms with Crippen LogP contribution in [0.2, 0.25) is 10.0 Å².